The number of carbonyl (C=O) groups excluding carboxylic acids is 1. The first kappa shape index (κ1) is 39.5. The molecule has 0 amide bonds. The number of hydrogen-bond acceptors (Lipinski definition) is 2. The summed E-state index contributed by atoms with van der Waals surface area (Å²) in [6.07, 6.45) is 38.9. The maximum absolute atomic E-state index is 12.3. The monoisotopic (exact) mass is 582 g/mol. The van der Waals surface area contributed by atoms with Gasteiger partial charge < -0.3 is 4.74 Å². The molecule has 0 aromatic carbocycles. The van der Waals surface area contributed by atoms with Gasteiger partial charge in [0, 0.05) is 13.5 Å². The van der Waals surface area contributed by atoms with Crippen molar-refractivity contribution in [3.8, 4) is 0 Å². The molecule has 2 nitrogen and oxygen atoms in total. The van der Waals surface area contributed by atoms with Gasteiger partial charge in [-0.25, -0.2) is 0 Å². The average molecular weight is 583 g/mol. The van der Waals surface area contributed by atoms with Crippen molar-refractivity contribution in [1.82, 2.24) is 0 Å². The van der Waals surface area contributed by atoms with Gasteiger partial charge in [-0.15, -0.1) is 0 Å². The number of hydrogen-bond donors (Lipinski definition) is 0. The molecule has 0 N–H and O–H groups in total. The molecule has 0 aliphatic carbocycles. The quantitative estimate of drug-likeness (QED) is 0.0912. The summed E-state index contributed by atoms with van der Waals surface area (Å²) in [6.45, 7) is 20.7. The number of rotatable bonds is 18. The molecule has 0 aliphatic rings. The number of carbonyl (C=O) groups is 1. The van der Waals surface area contributed by atoms with Crippen LogP contribution >= 0.6 is 0 Å². The molecule has 0 bridgehead atoms. The molecule has 0 fully saturated rings. The lowest BCUT2D eigenvalue weighted by Crippen LogP contribution is -2.23. The highest BCUT2D eigenvalue weighted by Gasteiger charge is 2.18. The lowest BCUT2D eigenvalue weighted by atomic mass is 9.98. The Kier molecular flexibility index (Phi) is 21.2. The van der Waals surface area contributed by atoms with Crippen molar-refractivity contribution in [3.05, 3.63) is 142 Å². The zero-order valence-corrected chi connectivity index (χ0v) is 29.0. The third-order valence-electron chi connectivity index (χ3n) is 6.75. The smallest absolute Gasteiger partial charge is 0.158 e. The van der Waals surface area contributed by atoms with Crippen LogP contribution in [0.4, 0.5) is 0 Å². The molecule has 2 heteroatoms. The SMILES string of the molecule is COC(C)(C)CCC(=O)C(C)=CC=CC(C)=CC=CC(C)=CC=CC=C(C)C=CC=C(C)C=CC=C(C)CCC=C(C)C. The van der Waals surface area contributed by atoms with Crippen molar-refractivity contribution in [2.45, 2.75) is 101 Å². The zero-order chi connectivity index (χ0) is 32.7. The van der Waals surface area contributed by atoms with Crippen LogP contribution in [-0.2, 0) is 9.53 Å². The summed E-state index contributed by atoms with van der Waals surface area (Å²) in [4.78, 5) is 12.3. The Morgan fingerprint density at radius 1 is 0.581 bits per heavy atom. The fraction of sp³-hybridized carbons (Fsp3) is 0.390. The van der Waals surface area contributed by atoms with Crippen molar-refractivity contribution in [2.24, 2.45) is 0 Å². The number of ketones is 1. The summed E-state index contributed by atoms with van der Waals surface area (Å²) < 4.78 is 5.40. The Labute approximate surface area is 264 Å². The lowest BCUT2D eigenvalue weighted by Gasteiger charge is -2.22. The van der Waals surface area contributed by atoms with E-state index in [1.807, 2.05) is 52.0 Å². The molecule has 0 rings (SSSR count). The molecular formula is C41H58O2. The first-order chi connectivity index (χ1) is 20.3. The maximum Gasteiger partial charge on any atom is 0.158 e. The van der Waals surface area contributed by atoms with E-state index in [2.05, 4.69) is 121 Å². The Hall–Kier alpha value is -3.49. The molecule has 0 heterocycles. The molecule has 0 spiro atoms. The van der Waals surface area contributed by atoms with Crippen LogP contribution < -0.4 is 0 Å². The van der Waals surface area contributed by atoms with Crippen LogP contribution in [0.2, 0.25) is 0 Å². The molecule has 0 radical (unpaired) electrons. The van der Waals surface area contributed by atoms with Gasteiger partial charge >= 0.3 is 0 Å². The van der Waals surface area contributed by atoms with Crippen LogP contribution in [0.1, 0.15) is 94.9 Å². The van der Waals surface area contributed by atoms with Gasteiger partial charge in [-0.3, -0.25) is 4.79 Å². The second-order valence-electron chi connectivity index (χ2n) is 12.0. The van der Waals surface area contributed by atoms with Crippen LogP contribution in [0, 0.1) is 0 Å². The molecule has 0 atom stereocenters. The van der Waals surface area contributed by atoms with Gasteiger partial charge in [0.05, 0.1) is 5.60 Å². The van der Waals surface area contributed by atoms with Crippen molar-refractivity contribution in [2.75, 3.05) is 7.11 Å². The van der Waals surface area contributed by atoms with Gasteiger partial charge in [-0.2, -0.15) is 0 Å². The molecule has 0 saturated heterocycles. The van der Waals surface area contributed by atoms with Crippen molar-refractivity contribution >= 4 is 5.78 Å². The normalized spacial score (nSPS) is 15.3. The Bertz CT molecular complexity index is 1230. The third-order valence-corrected chi connectivity index (χ3v) is 6.75. The van der Waals surface area contributed by atoms with E-state index < -0.39 is 0 Å². The number of methoxy groups -OCH3 is 1. The van der Waals surface area contributed by atoms with Gasteiger partial charge in [0.2, 0.25) is 0 Å². The van der Waals surface area contributed by atoms with Crippen LogP contribution in [-0.4, -0.2) is 18.5 Å². The summed E-state index contributed by atoms with van der Waals surface area (Å²) in [5.41, 5.74) is 7.96. The first-order valence-corrected chi connectivity index (χ1v) is 15.4. The predicted molar refractivity (Wildman–Crippen MR) is 192 cm³/mol. The minimum absolute atomic E-state index is 0.158. The van der Waals surface area contributed by atoms with Crippen molar-refractivity contribution in [3.63, 3.8) is 0 Å². The van der Waals surface area contributed by atoms with E-state index in [1.54, 1.807) is 7.11 Å². The summed E-state index contributed by atoms with van der Waals surface area (Å²) >= 11 is 0. The Balaban J connectivity index is 4.78. The van der Waals surface area contributed by atoms with Crippen LogP contribution in [0.15, 0.2) is 142 Å². The van der Waals surface area contributed by atoms with Crippen molar-refractivity contribution in [1.29, 1.82) is 0 Å². The average Bonchev–Trinajstić information content (AvgIpc) is 2.93. The van der Waals surface area contributed by atoms with E-state index >= 15 is 0 Å². The number of Topliss-reactive ketones (excluding diaryl/α,β-unsaturated/α-hetero) is 1. The van der Waals surface area contributed by atoms with E-state index in [4.69, 9.17) is 4.74 Å². The summed E-state index contributed by atoms with van der Waals surface area (Å²) in [7, 11) is 1.68. The number of ether oxygens (including phenoxy) is 1. The summed E-state index contributed by atoms with van der Waals surface area (Å²) in [6, 6.07) is 0. The predicted octanol–water partition coefficient (Wildman–Crippen LogP) is 12.0. The second kappa shape index (κ2) is 23.0. The molecule has 0 aromatic rings. The van der Waals surface area contributed by atoms with E-state index in [1.165, 1.54) is 22.3 Å². The molecule has 234 valence electrons. The highest BCUT2D eigenvalue weighted by atomic mass is 16.5. The van der Waals surface area contributed by atoms with E-state index in [0.717, 1.165) is 29.6 Å². The van der Waals surface area contributed by atoms with Crippen LogP contribution in [0.3, 0.4) is 0 Å². The van der Waals surface area contributed by atoms with Crippen molar-refractivity contribution < 1.29 is 9.53 Å². The minimum atomic E-state index is -0.273. The van der Waals surface area contributed by atoms with Gasteiger partial charge in [0.15, 0.2) is 5.78 Å². The minimum Gasteiger partial charge on any atom is -0.379 e. The van der Waals surface area contributed by atoms with E-state index in [9.17, 15) is 4.79 Å². The Morgan fingerprint density at radius 2 is 1.00 bits per heavy atom. The maximum atomic E-state index is 12.3. The lowest BCUT2D eigenvalue weighted by molar-refractivity contribution is -0.116. The van der Waals surface area contributed by atoms with Crippen LogP contribution in [0.25, 0.3) is 0 Å². The fourth-order valence-electron chi connectivity index (χ4n) is 3.53. The standard InChI is InChI=1S/C41H58O2/c1-33(2)19-14-22-36(5)25-17-27-37(6)26-15-23-34(3)20-12-13-21-35(4)24-16-28-38(7)29-18-30-39(8)40(42)31-32-41(9,10)43-11/h12-13,15-21,23-30H,14,22,31-32H2,1-11H3. The molecule has 0 unspecified atom stereocenters. The third kappa shape index (κ3) is 23.7. The first-order valence-electron chi connectivity index (χ1n) is 15.4. The van der Waals surface area contributed by atoms with E-state index in [-0.39, 0.29) is 11.4 Å². The summed E-state index contributed by atoms with van der Waals surface area (Å²) in [5.74, 6) is 0.158. The van der Waals surface area contributed by atoms with Gasteiger partial charge in [0.1, 0.15) is 0 Å². The zero-order valence-electron chi connectivity index (χ0n) is 29.0. The molecule has 43 heavy (non-hydrogen) atoms. The van der Waals surface area contributed by atoms with Crippen LogP contribution in [0.5, 0.6) is 0 Å². The molecular weight excluding hydrogens is 524 g/mol. The largest absolute Gasteiger partial charge is 0.379 e. The highest BCUT2D eigenvalue weighted by Crippen LogP contribution is 2.17. The molecule has 0 aliphatic heterocycles. The highest BCUT2D eigenvalue weighted by molar-refractivity contribution is 5.95. The van der Waals surface area contributed by atoms with E-state index in [0.29, 0.717) is 12.8 Å². The van der Waals surface area contributed by atoms with Gasteiger partial charge in [-0.05, 0) is 94.1 Å². The van der Waals surface area contributed by atoms with Gasteiger partial charge in [0.25, 0.3) is 0 Å². The topological polar surface area (TPSA) is 26.3 Å². The second-order valence-corrected chi connectivity index (χ2v) is 12.0. The molecule has 0 saturated carbocycles. The van der Waals surface area contributed by atoms with Gasteiger partial charge in [-0.1, -0.05) is 137 Å². The fourth-order valence-corrected chi connectivity index (χ4v) is 3.53. The number of allylic oxidation sites excluding steroid dienone is 24. The summed E-state index contributed by atoms with van der Waals surface area (Å²) in [5, 5.41) is 0. The molecule has 0 aromatic heterocycles. The Morgan fingerprint density at radius 3 is 1.44 bits per heavy atom.